The van der Waals surface area contributed by atoms with Gasteiger partial charge in [0.15, 0.2) is 0 Å². The number of rotatable bonds is 6. The fourth-order valence-corrected chi connectivity index (χ4v) is 2.08. The molecule has 0 unspecified atom stereocenters. The molecule has 4 heteroatoms. The van der Waals surface area contributed by atoms with Crippen LogP contribution in [-0.4, -0.2) is 14.2 Å². The SMILES string of the molecule is C=C(N)c1ccc(OCc2ccccc2OC)cc1NC. The predicted octanol–water partition coefficient (Wildman–Crippen LogP) is 3.25. The lowest BCUT2D eigenvalue weighted by molar-refractivity contribution is 0.297. The van der Waals surface area contributed by atoms with Crippen molar-refractivity contribution in [2.24, 2.45) is 5.73 Å². The second-order valence-electron chi connectivity index (χ2n) is 4.58. The van der Waals surface area contributed by atoms with Crippen LogP contribution in [0.15, 0.2) is 49.0 Å². The van der Waals surface area contributed by atoms with E-state index in [2.05, 4.69) is 11.9 Å². The third kappa shape index (κ3) is 3.48. The number of ether oxygens (including phenoxy) is 2. The molecule has 0 amide bonds. The zero-order chi connectivity index (χ0) is 15.2. The summed E-state index contributed by atoms with van der Waals surface area (Å²) in [6, 6.07) is 13.5. The molecule has 3 N–H and O–H groups in total. The highest BCUT2D eigenvalue weighted by molar-refractivity contribution is 5.74. The fraction of sp³-hybridized carbons (Fsp3) is 0.176. The summed E-state index contributed by atoms with van der Waals surface area (Å²) in [6.07, 6.45) is 0. The third-order valence-electron chi connectivity index (χ3n) is 3.19. The van der Waals surface area contributed by atoms with Gasteiger partial charge in [-0.2, -0.15) is 0 Å². The van der Waals surface area contributed by atoms with Crippen LogP contribution < -0.4 is 20.5 Å². The summed E-state index contributed by atoms with van der Waals surface area (Å²) in [6.45, 7) is 4.20. The monoisotopic (exact) mass is 284 g/mol. The molecule has 0 fully saturated rings. The van der Waals surface area contributed by atoms with Crippen LogP contribution >= 0.6 is 0 Å². The standard InChI is InChI=1S/C17H20N2O2/c1-12(18)15-9-8-14(10-16(15)19-2)21-11-13-6-4-5-7-17(13)20-3/h4-10,19H,1,11,18H2,2-3H3. The molecule has 2 rings (SSSR count). The average molecular weight is 284 g/mol. The third-order valence-corrected chi connectivity index (χ3v) is 3.19. The van der Waals surface area contributed by atoms with E-state index < -0.39 is 0 Å². The van der Waals surface area contributed by atoms with Gasteiger partial charge in [0.05, 0.1) is 7.11 Å². The van der Waals surface area contributed by atoms with Crippen LogP contribution in [0.5, 0.6) is 11.5 Å². The highest BCUT2D eigenvalue weighted by Gasteiger charge is 2.06. The van der Waals surface area contributed by atoms with Crippen molar-refractivity contribution in [3.05, 3.63) is 60.2 Å². The Morgan fingerprint density at radius 3 is 2.67 bits per heavy atom. The maximum absolute atomic E-state index is 5.82. The van der Waals surface area contributed by atoms with Gasteiger partial charge in [0, 0.05) is 35.6 Å². The van der Waals surface area contributed by atoms with Crippen LogP contribution in [0, 0.1) is 0 Å². The van der Waals surface area contributed by atoms with Gasteiger partial charge in [0.25, 0.3) is 0 Å². The maximum Gasteiger partial charge on any atom is 0.125 e. The number of para-hydroxylation sites is 1. The Hall–Kier alpha value is -2.62. The van der Waals surface area contributed by atoms with Gasteiger partial charge in [-0.05, 0) is 18.2 Å². The summed E-state index contributed by atoms with van der Waals surface area (Å²) in [5.74, 6) is 1.58. The minimum atomic E-state index is 0.441. The first kappa shape index (κ1) is 14.8. The molecule has 0 aliphatic heterocycles. The summed E-state index contributed by atoms with van der Waals surface area (Å²) in [5.41, 5.74) is 9.04. The fourth-order valence-electron chi connectivity index (χ4n) is 2.08. The topological polar surface area (TPSA) is 56.5 Å². The molecule has 0 aliphatic carbocycles. The highest BCUT2D eigenvalue weighted by atomic mass is 16.5. The Morgan fingerprint density at radius 2 is 2.00 bits per heavy atom. The minimum Gasteiger partial charge on any atom is -0.496 e. The zero-order valence-electron chi connectivity index (χ0n) is 12.3. The number of anilines is 1. The quantitative estimate of drug-likeness (QED) is 0.855. The molecule has 0 aliphatic rings. The lowest BCUT2D eigenvalue weighted by Gasteiger charge is -2.13. The molecular formula is C17H20N2O2. The second-order valence-corrected chi connectivity index (χ2v) is 4.58. The van der Waals surface area contributed by atoms with Gasteiger partial charge in [0.1, 0.15) is 18.1 Å². The van der Waals surface area contributed by atoms with Gasteiger partial charge >= 0.3 is 0 Å². The van der Waals surface area contributed by atoms with Crippen molar-refractivity contribution >= 4 is 11.4 Å². The van der Waals surface area contributed by atoms with Crippen molar-refractivity contribution in [1.82, 2.24) is 0 Å². The van der Waals surface area contributed by atoms with Crippen LogP contribution in [0.25, 0.3) is 5.70 Å². The van der Waals surface area contributed by atoms with Crippen molar-refractivity contribution in [2.75, 3.05) is 19.5 Å². The molecule has 2 aromatic carbocycles. The van der Waals surface area contributed by atoms with Gasteiger partial charge < -0.3 is 20.5 Å². The Bertz CT molecular complexity index is 638. The molecule has 0 radical (unpaired) electrons. The number of hydrogen-bond acceptors (Lipinski definition) is 4. The van der Waals surface area contributed by atoms with Gasteiger partial charge in [-0.1, -0.05) is 24.8 Å². The highest BCUT2D eigenvalue weighted by Crippen LogP contribution is 2.26. The lowest BCUT2D eigenvalue weighted by atomic mass is 10.1. The molecule has 0 spiro atoms. The first-order chi connectivity index (χ1) is 10.2. The Kier molecular flexibility index (Phi) is 4.72. The van der Waals surface area contributed by atoms with Crippen molar-refractivity contribution in [1.29, 1.82) is 0 Å². The number of hydrogen-bond donors (Lipinski definition) is 2. The summed E-state index contributed by atoms with van der Waals surface area (Å²) in [4.78, 5) is 0. The minimum absolute atomic E-state index is 0.441. The molecule has 0 atom stereocenters. The normalized spacial score (nSPS) is 10.0. The van der Waals surface area contributed by atoms with E-state index in [4.69, 9.17) is 15.2 Å². The number of methoxy groups -OCH3 is 1. The van der Waals surface area contributed by atoms with E-state index in [1.807, 2.05) is 49.5 Å². The van der Waals surface area contributed by atoms with Crippen LogP contribution in [0.2, 0.25) is 0 Å². The number of nitrogens with one attached hydrogen (secondary N) is 1. The Labute approximate surface area is 125 Å². The molecule has 0 bridgehead atoms. The predicted molar refractivity (Wildman–Crippen MR) is 86.5 cm³/mol. The Morgan fingerprint density at radius 1 is 1.24 bits per heavy atom. The van der Waals surface area contributed by atoms with Crippen molar-refractivity contribution in [3.8, 4) is 11.5 Å². The van der Waals surface area contributed by atoms with E-state index in [0.29, 0.717) is 12.3 Å². The van der Waals surface area contributed by atoms with Crippen LogP contribution in [0.3, 0.4) is 0 Å². The molecule has 0 aromatic heterocycles. The summed E-state index contributed by atoms with van der Waals surface area (Å²) >= 11 is 0. The molecule has 0 heterocycles. The van der Waals surface area contributed by atoms with Gasteiger partial charge in [0.2, 0.25) is 0 Å². The van der Waals surface area contributed by atoms with E-state index in [-0.39, 0.29) is 0 Å². The summed E-state index contributed by atoms with van der Waals surface area (Å²) < 4.78 is 11.1. The summed E-state index contributed by atoms with van der Waals surface area (Å²) in [7, 11) is 3.49. The van der Waals surface area contributed by atoms with Gasteiger partial charge in [-0.15, -0.1) is 0 Å². The first-order valence-corrected chi connectivity index (χ1v) is 6.67. The van der Waals surface area contributed by atoms with Crippen LogP contribution in [0.1, 0.15) is 11.1 Å². The molecule has 110 valence electrons. The van der Waals surface area contributed by atoms with Crippen molar-refractivity contribution in [2.45, 2.75) is 6.61 Å². The Balaban J connectivity index is 2.15. The lowest BCUT2D eigenvalue weighted by Crippen LogP contribution is -2.02. The van der Waals surface area contributed by atoms with E-state index in [0.717, 1.165) is 28.3 Å². The second kappa shape index (κ2) is 6.70. The smallest absolute Gasteiger partial charge is 0.125 e. The summed E-state index contributed by atoms with van der Waals surface area (Å²) in [5, 5.41) is 3.09. The largest absolute Gasteiger partial charge is 0.496 e. The average Bonchev–Trinajstić information content (AvgIpc) is 2.52. The van der Waals surface area contributed by atoms with E-state index >= 15 is 0 Å². The van der Waals surface area contributed by atoms with E-state index in [1.165, 1.54) is 0 Å². The van der Waals surface area contributed by atoms with Crippen molar-refractivity contribution in [3.63, 3.8) is 0 Å². The number of benzene rings is 2. The molecule has 4 nitrogen and oxygen atoms in total. The van der Waals surface area contributed by atoms with E-state index in [1.54, 1.807) is 7.11 Å². The van der Waals surface area contributed by atoms with Crippen LogP contribution in [0.4, 0.5) is 5.69 Å². The van der Waals surface area contributed by atoms with E-state index in [9.17, 15) is 0 Å². The van der Waals surface area contributed by atoms with Crippen molar-refractivity contribution < 1.29 is 9.47 Å². The molecule has 2 aromatic rings. The van der Waals surface area contributed by atoms with Gasteiger partial charge in [-0.25, -0.2) is 0 Å². The van der Waals surface area contributed by atoms with Gasteiger partial charge in [-0.3, -0.25) is 0 Å². The molecule has 21 heavy (non-hydrogen) atoms. The first-order valence-electron chi connectivity index (χ1n) is 6.67. The van der Waals surface area contributed by atoms with Crippen LogP contribution in [-0.2, 0) is 6.61 Å². The molecule has 0 saturated heterocycles. The maximum atomic E-state index is 5.82. The number of nitrogens with two attached hydrogens (primary N) is 1. The molecule has 0 saturated carbocycles. The molecular weight excluding hydrogens is 264 g/mol. The zero-order valence-corrected chi connectivity index (χ0v) is 12.3.